The highest BCUT2D eigenvalue weighted by atomic mass is 35.5. The van der Waals surface area contributed by atoms with Gasteiger partial charge in [0.2, 0.25) is 0 Å². The highest BCUT2D eigenvalue weighted by molar-refractivity contribution is 7.80. The molecular formula is C19H20Cl3N3S. The molecule has 1 aromatic heterocycles. The van der Waals surface area contributed by atoms with Gasteiger partial charge in [-0.25, -0.2) is 4.98 Å². The van der Waals surface area contributed by atoms with E-state index in [-0.39, 0.29) is 5.41 Å². The molecule has 1 saturated carbocycles. The fourth-order valence-corrected chi connectivity index (χ4v) is 4.25. The SMILES string of the molecule is Cc1nc(NC(=S)NCC2(c3cccc(Cl)c3)CCCC2)c(Cl)cc1Cl. The molecule has 0 bridgehead atoms. The smallest absolute Gasteiger partial charge is 0.172 e. The van der Waals surface area contributed by atoms with Gasteiger partial charge in [0.15, 0.2) is 10.9 Å². The minimum atomic E-state index is 0.0454. The van der Waals surface area contributed by atoms with E-state index in [1.54, 1.807) is 6.07 Å². The summed E-state index contributed by atoms with van der Waals surface area (Å²) in [6, 6.07) is 9.79. The second-order valence-corrected chi connectivity index (χ2v) is 8.35. The van der Waals surface area contributed by atoms with Crippen molar-refractivity contribution in [1.29, 1.82) is 0 Å². The normalized spacial score (nSPS) is 15.7. The van der Waals surface area contributed by atoms with Crippen LogP contribution < -0.4 is 10.6 Å². The average Bonchev–Trinajstić information content (AvgIpc) is 3.08. The zero-order chi connectivity index (χ0) is 18.7. The van der Waals surface area contributed by atoms with Gasteiger partial charge in [-0.3, -0.25) is 0 Å². The van der Waals surface area contributed by atoms with Gasteiger partial charge in [-0.1, -0.05) is 59.8 Å². The summed E-state index contributed by atoms with van der Waals surface area (Å²) in [7, 11) is 0. The van der Waals surface area contributed by atoms with E-state index in [2.05, 4.69) is 27.8 Å². The summed E-state index contributed by atoms with van der Waals surface area (Å²) in [4.78, 5) is 4.36. The van der Waals surface area contributed by atoms with Gasteiger partial charge >= 0.3 is 0 Å². The van der Waals surface area contributed by atoms with Crippen LogP contribution >= 0.6 is 47.0 Å². The Morgan fingerprint density at radius 3 is 2.58 bits per heavy atom. The van der Waals surface area contributed by atoms with Gasteiger partial charge in [-0.05, 0) is 55.7 Å². The molecule has 0 amide bonds. The van der Waals surface area contributed by atoms with E-state index in [0.29, 0.717) is 26.7 Å². The maximum absolute atomic E-state index is 6.21. The van der Waals surface area contributed by atoms with Crippen LogP contribution in [0.1, 0.15) is 36.9 Å². The second kappa shape index (κ2) is 8.30. The Bertz CT molecular complexity index is 820. The summed E-state index contributed by atoms with van der Waals surface area (Å²) in [5.74, 6) is 0.509. The number of hydrogen-bond acceptors (Lipinski definition) is 2. The van der Waals surface area contributed by atoms with Crippen LogP contribution in [0.4, 0.5) is 5.82 Å². The lowest BCUT2D eigenvalue weighted by atomic mass is 9.79. The van der Waals surface area contributed by atoms with Crippen molar-refractivity contribution < 1.29 is 0 Å². The topological polar surface area (TPSA) is 37.0 Å². The summed E-state index contributed by atoms with van der Waals surface area (Å²) in [6.07, 6.45) is 4.64. The molecule has 3 rings (SSSR count). The van der Waals surface area contributed by atoms with Crippen molar-refractivity contribution in [2.75, 3.05) is 11.9 Å². The molecule has 1 aliphatic rings. The largest absolute Gasteiger partial charge is 0.362 e. The zero-order valence-electron chi connectivity index (χ0n) is 14.4. The van der Waals surface area contributed by atoms with Crippen LogP contribution in [0, 0.1) is 6.92 Å². The molecule has 0 spiro atoms. The number of aromatic nitrogens is 1. The molecule has 3 nitrogen and oxygen atoms in total. The summed E-state index contributed by atoms with van der Waals surface area (Å²) >= 11 is 23.9. The van der Waals surface area contributed by atoms with Gasteiger partial charge in [0, 0.05) is 17.0 Å². The molecule has 1 aromatic carbocycles. The van der Waals surface area contributed by atoms with E-state index in [9.17, 15) is 0 Å². The van der Waals surface area contributed by atoms with Gasteiger partial charge in [0.25, 0.3) is 0 Å². The first-order valence-electron chi connectivity index (χ1n) is 8.53. The van der Waals surface area contributed by atoms with Crippen molar-refractivity contribution in [2.45, 2.75) is 38.0 Å². The first kappa shape index (κ1) is 19.7. The Morgan fingerprint density at radius 2 is 1.88 bits per heavy atom. The Labute approximate surface area is 174 Å². The van der Waals surface area contributed by atoms with Crippen LogP contribution in [0.3, 0.4) is 0 Å². The number of anilines is 1. The van der Waals surface area contributed by atoms with Crippen LogP contribution in [-0.2, 0) is 5.41 Å². The third-order valence-corrected chi connectivity index (χ3v) is 6.07. The van der Waals surface area contributed by atoms with Crippen molar-refractivity contribution in [1.82, 2.24) is 10.3 Å². The quantitative estimate of drug-likeness (QED) is 0.573. The average molecular weight is 429 g/mol. The van der Waals surface area contributed by atoms with E-state index in [0.717, 1.165) is 24.4 Å². The third kappa shape index (κ3) is 4.42. The lowest BCUT2D eigenvalue weighted by Gasteiger charge is -2.30. The lowest BCUT2D eigenvalue weighted by molar-refractivity contribution is 0.435. The molecule has 0 aliphatic heterocycles. The number of thiocarbonyl (C=S) groups is 1. The molecule has 0 saturated heterocycles. The van der Waals surface area contributed by atoms with Crippen molar-refractivity contribution in [3.63, 3.8) is 0 Å². The van der Waals surface area contributed by atoms with Crippen LogP contribution in [0.25, 0.3) is 0 Å². The molecule has 1 aliphatic carbocycles. The highest BCUT2D eigenvalue weighted by Crippen LogP contribution is 2.41. The molecular weight excluding hydrogens is 409 g/mol. The molecule has 1 heterocycles. The summed E-state index contributed by atoms with van der Waals surface area (Å²) in [5.41, 5.74) is 2.01. The number of nitrogens with zero attached hydrogens (tertiary/aromatic N) is 1. The van der Waals surface area contributed by atoms with E-state index in [4.69, 9.17) is 47.0 Å². The van der Waals surface area contributed by atoms with Crippen LogP contribution in [0.15, 0.2) is 30.3 Å². The molecule has 0 radical (unpaired) electrons. The first-order valence-corrected chi connectivity index (χ1v) is 10.1. The van der Waals surface area contributed by atoms with Crippen LogP contribution in [0.2, 0.25) is 15.1 Å². The Balaban J connectivity index is 1.70. The number of nitrogens with one attached hydrogen (secondary N) is 2. The van der Waals surface area contributed by atoms with Crippen molar-refractivity contribution in [3.8, 4) is 0 Å². The molecule has 26 heavy (non-hydrogen) atoms. The molecule has 1 fully saturated rings. The second-order valence-electron chi connectivity index (χ2n) is 6.69. The number of pyridine rings is 1. The zero-order valence-corrected chi connectivity index (χ0v) is 17.5. The predicted octanol–water partition coefficient (Wildman–Crippen LogP) is 6.15. The standard InChI is InChI=1S/C19H20Cl3N3S/c1-12-15(21)10-16(22)17(24-12)25-18(26)23-11-19(7-2-3-8-19)13-5-4-6-14(20)9-13/h4-6,9-10H,2-3,7-8,11H2,1H3,(H2,23,24,25,26). The van der Waals surface area contributed by atoms with Crippen molar-refractivity contribution in [3.05, 3.63) is 56.7 Å². The molecule has 2 N–H and O–H groups in total. The summed E-state index contributed by atoms with van der Waals surface area (Å²) < 4.78 is 0. The van der Waals surface area contributed by atoms with Gasteiger partial charge < -0.3 is 10.6 Å². The maximum atomic E-state index is 6.21. The van der Waals surface area contributed by atoms with Gasteiger partial charge in [-0.2, -0.15) is 0 Å². The molecule has 2 aromatic rings. The fourth-order valence-electron chi connectivity index (χ4n) is 3.49. The van der Waals surface area contributed by atoms with E-state index in [1.165, 1.54) is 18.4 Å². The van der Waals surface area contributed by atoms with Crippen LogP contribution in [-0.4, -0.2) is 16.6 Å². The van der Waals surface area contributed by atoms with E-state index in [1.807, 2.05) is 19.1 Å². The Hall–Kier alpha value is -1.07. The summed E-state index contributed by atoms with van der Waals surface area (Å²) in [5, 5.41) is 8.65. The monoisotopic (exact) mass is 427 g/mol. The van der Waals surface area contributed by atoms with Crippen molar-refractivity contribution in [2.24, 2.45) is 0 Å². The molecule has 138 valence electrons. The number of aryl methyl sites for hydroxylation is 1. The van der Waals surface area contributed by atoms with Gasteiger partial charge in [-0.15, -0.1) is 0 Å². The maximum Gasteiger partial charge on any atom is 0.172 e. The van der Waals surface area contributed by atoms with E-state index < -0.39 is 0 Å². The number of halogens is 3. The minimum Gasteiger partial charge on any atom is -0.362 e. The highest BCUT2D eigenvalue weighted by Gasteiger charge is 2.35. The Kier molecular flexibility index (Phi) is 6.29. The predicted molar refractivity (Wildman–Crippen MR) is 115 cm³/mol. The van der Waals surface area contributed by atoms with Gasteiger partial charge in [0.05, 0.1) is 15.7 Å². The molecule has 0 unspecified atom stereocenters. The van der Waals surface area contributed by atoms with Crippen LogP contribution in [0.5, 0.6) is 0 Å². The van der Waals surface area contributed by atoms with Gasteiger partial charge in [0.1, 0.15) is 0 Å². The first-order chi connectivity index (χ1) is 12.4. The minimum absolute atomic E-state index is 0.0454. The third-order valence-electron chi connectivity index (χ3n) is 4.92. The molecule has 0 atom stereocenters. The fraction of sp³-hybridized carbons (Fsp3) is 0.368. The number of hydrogen-bond donors (Lipinski definition) is 2. The van der Waals surface area contributed by atoms with E-state index >= 15 is 0 Å². The number of benzene rings is 1. The van der Waals surface area contributed by atoms with Crippen molar-refractivity contribution >= 4 is 58.0 Å². The molecule has 7 heteroatoms. The number of rotatable bonds is 4. The lowest BCUT2D eigenvalue weighted by Crippen LogP contribution is -2.41. The summed E-state index contributed by atoms with van der Waals surface area (Å²) in [6.45, 7) is 2.57. The Morgan fingerprint density at radius 1 is 1.15 bits per heavy atom.